The van der Waals surface area contributed by atoms with Gasteiger partial charge in [0.15, 0.2) is 0 Å². The van der Waals surface area contributed by atoms with E-state index in [4.69, 9.17) is 5.11 Å². The average molecular weight is 247 g/mol. The van der Waals surface area contributed by atoms with Crippen LogP contribution in [0.4, 0.5) is 0 Å². The number of hydrogen-bond donors (Lipinski definition) is 2. The van der Waals surface area contributed by atoms with Crippen LogP contribution in [0.15, 0.2) is 18.2 Å². The molecule has 1 amide bonds. The Hall–Kier alpha value is -1.84. The van der Waals surface area contributed by atoms with E-state index in [0.29, 0.717) is 6.42 Å². The summed E-state index contributed by atoms with van der Waals surface area (Å²) in [6, 6.07) is 5.26. The Kier molecular flexibility index (Phi) is 3.65. The minimum Gasteiger partial charge on any atom is -0.480 e. The number of benzene rings is 1. The van der Waals surface area contributed by atoms with Crippen molar-refractivity contribution in [2.24, 2.45) is 0 Å². The van der Waals surface area contributed by atoms with Crippen molar-refractivity contribution in [2.45, 2.75) is 38.6 Å². The van der Waals surface area contributed by atoms with Crippen LogP contribution in [-0.2, 0) is 28.9 Å². The Morgan fingerprint density at radius 3 is 2.72 bits per heavy atom. The van der Waals surface area contributed by atoms with Crippen LogP contribution < -0.4 is 5.32 Å². The van der Waals surface area contributed by atoms with E-state index in [0.717, 1.165) is 18.4 Å². The molecule has 0 aliphatic heterocycles. The van der Waals surface area contributed by atoms with Crippen molar-refractivity contribution >= 4 is 11.9 Å². The Labute approximate surface area is 106 Å². The highest BCUT2D eigenvalue weighted by Crippen LogP contribution is 2.23. The summed E-state index contributed by atoms with van der Waals surface area (Å²) in [5.74, 6) is -1.31. The standard InChI is InChI=1S/C14H17NO3/c1-9(16)15-13(14(17)18)8-10-5-6-11-3-2-4-12(11)7-10/h5-7,13H,2-4,8H2,1H3,(H,15,16)(H,17,18)/t13-/m1/s1. The molecule has 4 nitrogen and oxygen atoms in total. The number of hydrogen-bond acceptors (Lipinski definition) is 2. The van der Waals surface area contributed by atoms with Gasteiger partial charge in [-0.25, -0.2) is 4.79 Å². The summed E-state index contributed by atoms with van der Waals surface area (Å²) in [5.41, 5.74) is 3.65. The molecule has 4 heteroatoms. The van der Waals surface area contributed by atoms with Crippen molar-refractivity contribution in [1.82, 2.24) is 5.32 Å². The first-order valence-electron chi connectivity index (χ1n) is 6.17. The fourth-order valence-electron chi connectivity index (χ4n) is 2.43. The molecule has 1 aromatic carbocycles. The maximum atomic E-state index is 11.1. The highest BCUT2D eigenvalue weighted by Gasteiger charge is 2.20. The van der Waals surface area contributed by atoms with E-state index in [1.807, 2.05) is 6.07 Å². The average Bonchev–Trinajstić information content (AvgIpc) is 2.74. The van der Waals surface area contributed by atoms with Gasteiger partial charge in [0.1, 0.15) is 6.04 Å². The molecule has 0 bridgehead atoms. The summed E-state index contributed by atoms with van der Waals surface area (Å²) in [6.07, 6.45) is 3.69. The van der Waals surface area contributed by atoms with Gasteiger partial charge in [-0.3, -0.25) is 4.79 Å². The summed E-state index contributed by atoms with van der Waals surface area (Å²) < 4.78 is 0. The molecule has 1 aliphatic carbocycles. The molecular weight excluding hydrogens is 230 g/mol. The lowest BCUT2D eigenvalue weighted by Gasteiger charge is -2.14. The van der Waals surface area contributed by atoms with Gasteiger partial charge >= 0.3 is 5.97 Å². The summed E-state index contributed by atoms with van der Waals surface area (Å²) in [4.78, 5) is 22.0. The second-order valence-electron chi connectivity index (χ2n) is 4.75. The number of aliphatic carboxylic acids is 1. The van der Waals surface area contributed by atoms with Crippen molar-refractivity contribution in [3.05, 3.63) is 34.9 Å². The summed E-state index contributed by atoms with van der Waals surface area (Å²) in [6.45, 7) is 1.33. The van der Waals surface area contributed by atoms with Gasteiger partial charge in [-0.1, -0.05) is 18.2 Å². The highest BCUT2D eigenvalue weighted by molar-refractivity contribution is 5.82. The molecule has 0 fully saturated rings. The monoisotopic (exact) mass is 247 g/mol. The van der Waals surface area contributed by atoms with Crippen molar-refractivity contribution in [1.29, 1.82) is 0 Å². The minimum atomic E-state index is -0.995. The van der Waals surface area contributed by atoms with Crippen molar-refractivity contribution in [2.75, 3.05) is 0 Å². The second kappa shape index (κ2) is 5.21. The predicted octanol–water partition coefficient (Wildman–Crippen LogP) is 1.31. The second-order valence-corrected chi connectivity index (χ2v) is 4.75. The van der Waals surface area contributed by atoms with Gasteiger partial charge < -0.3 is 10.4 Å². The van der Waals surface area contributed by atoms with Crippen LogP contribution >= 0.6 is 0 Å². The number of carbonyl (C=O) groups excluding carboxylic acids is 1. The lowest BCUT2D eigenvalue weighted by Crippen LogP contribution is -2.41. The fraction of sp³-hybridized carbons (Fsp3) is 0.429. The minimum absolute atomic E-state index is 0.316. The molecule has 18 heavy (non-hydrogen) atoms. The predicted molar refractivity (Wildman–Crippen MR) is 67.4 cm³/mol. The van der Waals surface area contributed by atoms with Crippen molar-refractivity contribution in [3.63, 3.8) is 0 Å². The van der Waals surface area contributed by atoms with E-state index in [1.165, 1.54) is 24.5 Å². The van der Waals surface area contributed by atoms with E-state index >= 15 is 0 Å². The zero-order valence-electron chi connectivity index (χ0n) is 10.4. The quantitative estimate of drug-likeness (QED) is 0.843. The van der Waals surface area contributed by atoms with Gasteiger partial charge in [0, 0.05) is 13.3 Å². The molecule has 2 N–H and O–H groups in total. The molecule has 1 atom stereocenters. The van der Waals surface area contributed by atoms with Gasteiger partial charge in [-0.15, -0.1) is 0 Å². The molecule has 1 aromatic rings. The van der Waals surface area contributed by atoms with Gasteiger partial charge in [0.25, 0.3) is 0 Å². The van der Waals surface area contributed by atoms with Crippen LogP contribution in [-0.4, -0.2) is 23.0 Å². The summed E-state index contributed by atoms with van der Waals surface area (Å²) in [5, 5.41) is 11.5. The molecule has 2 rings (SSSR count). The zero-order chi connectivity index (χ0) is 13.1. The normalized spacial score (nSPS) is 14.9. The topological polar surface area (TPSA) is 66.4 Å². The molecule has 0 spiro atoms. The summed E-state index contributed by atoms with van der Waals surface area (Å²) in [7, 11) is 0. The number of amides is 1. The van der Waals surface area contributed by atoms with E-state index in [9.17, 15) is 9.59 Å². The third-order valence-corrected chi connectivity index (χ3v) is 3.28. The lowest BCUT2D eigenvalue weighted by molar-refractivity contribution is -0.141. The molecule has 0 radical (unpaired) electrons. The van der Waals surface area contributed by atoms with Gasteiger partial charge in [0.2, 0.25) is 5.91 Å². The van der Waals surface area contributed by atoms with Gasteiger partial charge in [-0.05, 0) is 36.0 Å². The highest BCUT2D eigenvalue weighted by atomic mass is 16.4. The number of fused-ring (bicyclic) bond motifs is 1. The van der Waals surface area contributed by atoms with Crippen LogP contribution in [0.3, 0.4) is 0 Å². The van der Waals surface area contributed by atoms with Crippen molar-refractivity contribution < 1.29 is 14.7 Å². The fourth-order valence-corrected chi connectivity index (χ4v) is 2.43. The maximum Gasteiger partial charge on any atom is 0.326 e. The Balaban J connectivity index is 2.11. The molecular formula is C14H17NO3. The van der Waals surface area contributed by atoms with Gasteiger partial charge in [0.05, 0.1) is 0 Å². The molecule has 0 heterocycles. The van der Waals surface area contributed by atoms with Crippen LogP contribution in [0.5, 0.6) is 0 Å². The number of aryl methyl sites for hydroxylation is 2. The first kappa shape index (κ1) is 12.6. The number of carboxylic acids is 1. The molecule has 0 saturated heterocycles. The summed E-state index contributed by atoms with van der Waals surface area (Å²) >= 11 is 0. The van der Waals surface area contributed by atoms with E-state index in [2.05, 4.69) is 17.4 Å². The number of carboxylic acid groups (broad SMARTS) is 1. The van der Waals surface area contributed by atoms with E-state index in [1.54, 1.807) is 0 Å². The lowest BCUT2D eigenvalue weighted by atomic mass is 10.0. The number of carbonyl (C=O) groups is 2. The van der Waals surface area contributed by atoms with Crippen LogP contribution in [0.2, 0.25) is 0 Å². The third kappa shape index (κ3) is 2.88. The SMILES string of the molecule is CC(=O)N[C@H](Cc1ccc2c(c1)CCC2)C(=O)O. The first-order valence-corrected chi connectivity index (χ1v) is 6.17. The van der Waals surface area contributed by atoms with E-state index in [-0.39, 0.29) is 5.91 Å². The van der Waals surface area contributed by atoms with Crippen molar-refractivity contribution in [3.8, 4) is 0 Å². The maximum absolute atomic E-state index is 11.1. The zero-order valence-corrected chi connectivity index (χ0v) is 10.4. The van der Waals surface area contributed by atoms with Gasteiger partial charge in [-0.2, -0.15) is 0 Å². The Morgan fingerprint density at radius 2 is 2.06 bits per heavy atom. The molecule has 0 aromatic heterocycles. The van der Waals surface area contributed by atoms with Crippen LogP contribution in [0, 0.1) is 0 Å². The number of nitrogens with one attached hydrogen (secondary N) is 1. The largest absolute Gasteiger partial charge is 0.480 e. The Morgan fingerprint density at radius 1 is 1.33 bits per heavy atom. The third-order valence-electron chi connectivity index (χ3n) is 3.28. The molecule has 96 valence electrons. The first-order chi connectivity index (χ1) is 8.56. The molecule has 0 unspecified atom stereocenters. The van der Waals surface area contributed by atoms with Crippen LogP contribution in [0.1, 0.15) is 30.0 Å². The molecule has 1 aliphatic rings. The number of rotatable bonds is 4. The molecule has 0 saturated carbocycles. The van der Waals surface area contributed by atoms with Crippen LogP contribution in [0.25, 0.3) is 0 Å². The Bertz CT molecular complexity index is 482. The smallest absolute Gasteiger partial charge is 0.326 e. The van der Waals surface area contributed by atoms with E-state index < -0.39 is 12.0 Å².